The highest BCUT2D eigenvalue weighted by Gasteiger charge is 2.51. The lowest BCUT2D eigenvalue weighted by atomic mass is 9.79. The summed E-state index contributed by atoms with van der Waals surface area (Å²) in [7, 11) is 0. The van der Waals surface area contributed by atoms with Gasteiger partial charge >= 0.3 is 0 Å². The van der Waals surface area contributed by atoms with Gasteiger partial charge in [-0.25, -0.2) is 0 Å². The van der Waals surface area contributed by atoms with Crippen molar-refractivity contribution in [2.75, 3.05) is 6.61 Å². The summed E-state index contributed by atoms with van der Waals surface area (Å²) < 4.78 is 11.4. The number of aliphatic hydroxyl groups excluding tert-OH is 1. The molecule has 2 amide bonds. The molecule has 5 rings (SSSR count). The zero-order chi connectivity index (χ0) is 24.7. The number of benzene rings is 1. The van der Waals surface area contributed by atoms with Crippen LogP contribution in [-0.4, -0.2) is 40.8 Å². The first-order valence-corrected chi connectivity index (χ1v) is 13.2. The maximum atomic E-state index is 13.5. The SMILES string of the molecule is CC(C)(COc1noc(C(=O)N[C@@H]2C3CC4CC(O)CC2C(C4)C3)c1Sc1ccccc1)C(N)=O. The number of rotatable bonds is 8. The second-order valence-electron chi connectivity index (χ2n) is 11.0. The molecule has 0 radical (unpaired) electrons. The lowest BCUT2D eigenvalue weighted by Crippen LogP contribution is -2.43. The molecular weight excluding hydrogens is 466 g/mol. The van der Waals surface area contributed by atoms with Gasteiger partial charge in [0, 0.05) is 10.9 Å². The van der Waals surface area contributed by atoms with Gasteiger partial charge in [-0.2, -0.15) is 0 Å². The van der Waals surface area contributed by atoms with Crippen LogP contribution in [0, 0.1) is 29.1 Å². The Morgan fingerprint density at radius 1 is 1.17 bits per heavy atom. The molecule has 35 heavy (non-hydrogen) atoms. The van der Waals surface area contributed by atoms with Crippen LogP contribution in [0.1, 0.15) is 56.5 Å². The van der Waals surface area contributed by atoms with Gasteiger partial charge in [-0.15, -0.1) is 0 Å². The molecule has 2 aromatic rings. The van der Waals surface area contributed by atoms with E-state index >= 15 is 0 Å². The second kappa shape index (κ2) is 9.50. The Labute approximate surface area is 209 Å². The minimum atomic E-state index is -0.907. The van der Waals surface area contributed by atoms with Gasteiger partial charge in [-0.3, -0.25) is 9.59 Å². The fourth-order valence-electron chi connectivity index (χ4n) is 6.11. The molecule has 3 saturated carbocycles. The van der Waals surface area contributed by atoms with E-state index in [-0.39, 0.29) is 42.2 Å². The van der Waals surface area contributed by atoms with Gasteiger partial charge in [0.05, 0.1) is 11.5 Å². The molecule has 1 aromatic heterocycles. The predicted molar refractivity (Wildman–Crippen MR) is 130 cm³/mol. The Bertz CT molecular complexity index is 1090. The van der Waals surface area contributed by atoms with E-state index in [0.29, 0.717) is 22.6 Å². The summed E-state index contributed by atoms with van der Waals surface area (Å²) in [5, 5.41) is 17.8. The van der Waals surface area contributed by atoms with Gasteiger partial charge in [-0.1, -0.05) is 30.0 Å². The molecule has 6 atom stereocenters. The van der Waals surface area contributed by atoms with Gasteiger partial charge < -0.3 is 25.4 Å². The molecule has 3 aliphatic carbocycles. The molecule has 188 valence electrons. The number of hydrogen-bond donors (Lipinski definition) is 3. The molecule has 1 aromatic carbocycles. The van der Waals surface area contributed by atoms with E-state index in [1.165, 1.54) is 11.8 Å². The van der Waals surface area contributed by atoms with E-state index in [2.05, 4.69) is 10.5 Å². The number of carbonyl (C=O) groups is 2. The minimum Gasteiger partial charge on any atom is -0.474 e. The van der Waals surface area contributed by atoms with Crippen LogP contribution in [0.2, 0.25) is 0 Å². The highest BCUT2D eigenvalue weighted by molar-refractivity contribution is 7.99. The lowest BCUT2D eigenvalue weighted by molar-refractivity contribution is -0.127. The number of aliphatic hydroxyl groups is 1. The number of nitrogens with two attached hydrogens (primary N) is 1. The first kappa shape index (κ1) is 24.2. The highest BCUT2D eigenvalue weighted by atomic mass is 32.2. The van der Waals surface area contributed by atoms with Crippen LogP contribution < -0.4 is 15.8 Å². The fraction of sp³-hybridized carbons (Fsp3) is 0.577. The van der Waals surface area contributed by atoms with Crippen LogP contribution in [0.3, 0.4) is 0 Å². The van der Waals surface area contributed by atoms with Crippen molar-refractivity contribution in [1.29, 1.82) is 0 Å². The van der Waals surface area contributed by atoms with E-state index in [9.17, 15) is 14.7 Å². The number of ether oxygens (including phenoxy) is 1. The predicted octanol–water partition coefficient (Wildman–Crippen LogP) is 3.63. The Morgan fingerprint density at radius 2 is 1.91 bits per heavy atom. The van der Waals surface area contributed by atoms with Crippen molar-refractivity contribution < 1.29 is 24.0 Å². The standard InChI is InChI=1S/C26H33N3O5S/c1-26(2,25(27)32)13-33-24-22(35-18-6-4-3-5-7-18)21(34-29-24)23(31)28-20-16-9-14-8-15(11-16)19(20)12-17(30)10-14/h3-7,14-17,19-20,30H,8-13H2,1-2H3,(H2,27,32)(H,28,31)/t14?,15?,16?,17?,19?,20-/m1/s1. The summed E-state index contributed by atoms with van der Waals surface area (Å²) >= 11 is 1.33. The Hall–Kier alpha value is -2.52. The van der Waals surface area contributed by atoms with E-state index in [0.717, 1.165) is 37.0 Å². The summed E-state index contributed by atoms with van der Waals surface area (Å²) in [5.41, 5.74) is 4.58. The number of primary amides is 1. The number of nitrogens with one attached hydrogen (secondary N) is 1. The number of aromatic nitrogens is 1. The van der Waals surface area contributed by atoms with Crippen molar-refractivity contribution in [1.82, 2.24) is 10.5 Å². The maximum Gasteiger partial charge on any atom is 0.291 e. The van der Waals surface area contributed by atoms with E-state index < -0.39 is 11.3 Å². The largest absolute Gasteiger partial charge is 0.474 e. The third-order valence-electron chi connectivity index (χ3n) is 7.93. The molecule has 0 spiro atoms. The molecule has 4 N–H and O–H groups in total. The topological polar surface area (TPSA) is 128 Å². The van der Waals surface area contributed by atoms with Crippen molar-refractivity contribution >= 4 is 23.6 Å². The molecule has 9 heteroatoms. The number of carbonyl (C=O) groups excluding carboxylic acids is 2. The number of nitrogens with zero attached hydrogens (tertiary/aromatic N) is 1. The number of hydrogen-bond acceptors (Lipinski definition) is 7. The lowest BCUT2D eigenvalue weighted by Gasteiger charge is -2.31. The second-order valence-corrected chi connectivity index (χ2v) is 12.1. The van der Waals surface area contributed by atoms with Crippen molar-refractivity contribution in [3.8, 4) is 5.88 Å². The molecule has 5 unspecified atom stereocenters. The van der Waals surface area contributed by atoms with Crippen LogP contribution in [0.25, 0.3) is 0 Å². The first-order chi connectivity index (χ1) is 16.7. The van der Waals surface area contributed by atoms with Crippen LogP contribution >= 0.6 is 11.8 Å². The molecule has 3 aliphatic rings. The Balaban J connectivity index is 1.39. The average Bonchev–Trinajstić information content (AvgIpc) is 3.27. The number of amides is 2. The highest BCUT2D eigenvalue weighted by Crippen LogP contribution is 2.53. The average molecular weight is 500 g/mol. The Kier molecular flexibility index (Phi) is 6.57. The molecular formula is C26H33N3O5S. The van der Waals surface area contributed by atoms with E-state index in [1.807, 2.05) is 30.3 Å². The monoisotopic (exact) mass is 499 g/mol. The first-order valence-electron chi connectivity index (χ1n) is 12.4. The maximum absolute atomic E-state index is 13.5. The third kappa shape index (κ3) is 4.93. The van der Waals surface area contributed by atoms with Crippen LogP contribution in [0.5, 0.6) is 5.88 Å². The zero-order valence-corrected chi connectivity index (χ0v) is 20.9. The molecule has 0 saturated heterocycles. The summed E-state index contributed by atoms with van der Waals surface area (Å²) in [4.78, 5) is 26.6. The normalized spacial score (nSPS) is 29.6. The molecule has 3 bridgehead atoms. The molecule has 1 heterocycles. The zero-order valence-electron chi connectivity index (χ0n) is 20.1. The summed E-state index contributed by atoms with van der Waals surface area (Å²) in [6.45, 7) is 3.39. The van der Waals surface area contributed by atoms with Crippen molar-refractivity contribution in [2.24, 2.45) is 34.8 Å². The third-order valence-corrected chi connectivity index (χ3v) is 9.00. The van der Waals surface area contributed by atoms with E-state index in [1.54, 1.807) is 13.8 Å². The van der Waals surface area contributed by atoms with Crippen molar-refractivity contribution in [2.45, 2.75) is 67.9 Å². The van der Waals surface area contributed by atoms with Gasteiger partial charge in [0.15, 0.2) is 0 Å². The van der Waals surface area contributed by atoms with Crippen LogP contribution in [0.4, 0.5) is 0 Å². The smallest absolute Gasteiger partial charge is 0.291 e. The minimum absolute atomic E-state index is 0.00596. The van der Waals surface area contributed by atoms with Crippen LogP contribution in [0.15, 0.2) is 44.6 Å². The van der Waals surface area contributed by atoms with Crippen molar-refractivity contribution in [3.63, 3.8) is 0 Å². The van der Waals surface area contributed by atoms with Gasteiger partial charge in [0.1, 0.15) is 11.5 Å². The summed E-state index contributed by atoms with van der Waals surface area (Å²) in [6.07, 6.45) is 4.63. The molecule has 8 nitrogen and oxygen atoms in total. The summed E-state index contributed by atoms with van der Waals surface area (Å²) in [5.74, 6) is 1.27. The quantitative estimate of drug-likeness (QED) is 0.506. The summed E-state index contributed by atoms with van der Waals surface area (Å²) in [6, 6.07) is 9.62. The van der Waals surface area contributed by atoms with Gasteiger partial charge in [0.2, 0.25) is 11.7 Å². The molecule has 3 fully saturated rings. The molecule has 0 aliphatic heterocycles. The number of fused-ring (bicyclic) bond motifs is 2. The van der Waals surface area contributed by atoms with Crippen molar-refractivity contribution in [3.05, 3.63) is 36.1 Å². The van der Waals surface area contributed by atoms with Gasteiger partial charge in [0.25, 0.3) is 11.8 Å². The Morgan fingerprint density at radius 3 is 2.66 bits per heavy atom. The van der Waals surface area contributed by atoms with E-state index in [4.69, 9.17) is 15.0 Å². The van der Waals surface area contributed by atoms with Crippen LogP contribution in [-0.2, 0) is 4.79 Å². The van der Waals surface area contributed by atoms with Gasteiger partial charge in [-0.05, 0) is 86.9 Å². The fourth-order valence-corrected chi connectivity index (χ4v) is 7.04.